The molecule has 0 bridgehead atoms. The van der Waals surface area contributed by atoms with Crippen LogP contribution in [0.25, 0.3) is 11.3 Å². The molecule has 1 unspecified atom stereocenters. The van der Waals surface area contributed by atoms with Gasteiger partial charge in [0.1, 0.15) is 6.10 Å². The molecule has 5 rings (SSSR count). The number of imidazole rings is 1. The first-order valence-electron chi connectivity index (χ1n) is 7.52. The van der Waals surface area contributed by atoms with E-state index in [1.807, 2.05) is 12.5 Å². The molecule has 0 saturated carbocycles. The molecule has 0 radical (unpaired) electrons. The third kappa shape index (κ3) is 1.45. The van der Waals surface area contributed by atoms with Gasteiger partial charge in [0.15, 0.2) is 0 Å². The lowest BCUT2D eigenvalue weighted by Gasteiger charge is -2.33. The minimum atomic E-state index is -0.560. The summed E-state index contributed by atoms with van der Waals surface area (Å²) < 4.78 is 3.99. The fourth-order valence-electron chi connectivity index (χ4n) is 3.96. The molecule has 6 nitrogen and oxygen atoms in total. The average Bonchev–Trinajstić information content (AvgIpc) is 3.23. The van der Waals surface area contributed by atoms with E-state index in [9.17, 15) is 5.11 Å². The molecular formula is C16H15N5O. The summed E-state index contributed by atoms with van der Waals surface area (Å²) in [6, 6.07) is 8.52. The van der Waals surface area contributed by atoms with Crippen LogP contribution in [0.5, 0.6) is 0 Å². The molecule has 1 aromatic carbocycles. The van der Waals surface area contributed by atoms with Crippen LogP contribution in [0.3, 0.4) is 0 Å². The Morgan fingerprint density at radius 2 is 2.09 bits per heavy atom. The number of fused-ring (bicyclic) bond motifs is 4. The van der Waals surface area contributed by atoms with Crippen molar-refractivity contribution in [1.29, 1.82) is 0 Å². The number of nitrogens with zero attached hydrogens (tertiary/aromatic N) is 5. The molecule has 110 valence electrons. The van der Waals surface area contributed by atoms with E-state index in [1.165, 1.54) is 11.1 Å². The van der Waals surface area contributed by atoms with Gasteiger partial charge in [0.05, 0.1) is 36.2 Å². The molecule has 1 N–H and O–H groups in total. The molecule has 6 heteroatoms. The molecule has 4 heterocycles. The van der Waals surface area contributed by atoms with Crippen LogP contribution < -0.4 is 0 Å². The second-order valence-corrected chi connectivity index (χ2v) is 6.00. The van der Waals surface area contributed by atoms with Gasteiger partial charge in [-0.15, -0.1) is 5.10 Å². The van der Waals surface area contributed by atoms with Gasteiger partial charge >= 0.3 is 0 Å². The summed E-state index contributed by atoms with van der Waals surface area (Å²) in [7, 11) is 0. The summed E-state index contributed by atoms with van der Waals surface area (Å²) in [4.78, 5) is 4.30. The van der Waals surface area contributed by atoms with Crippen LogP contribution in [0.15, 0.2) is 43.0 Å². The highest BCUT2D eigenvalue weighted by Crippen LogP contribution is 2.48. The highest BCUT2D eigenvalue weighted by atomic mass is 16.3. The standard InChI is InChI=1S/C16H15N5O/c22-16-12(5-6-21-14(16)8-18-19-21)15-11-4-2-1-3-10(11)13-7-17-9-20(13)15/h1-4,7-9,12,15-16,22H,5-6H2/t12-,15?,16-/m0/s1. The fraction of sp³-hybridized carbons (Fsp3) is 0.312. The Morgan fingerprint density at radius 1 is 1.18 bits per heavy atom. The third-order valence-electron chi connectivity index (χ3n) is 4.96. The molecule has 3 aromatic rings. The first-order chi connectivity index (χ1) is 10.8. The maximum Gasteiger partial charge on any atom is 0.102 e. The van der Waals surface area contributed by atoms with Crippen molar-refractivity contribution in [3.63, 3.8) is 0 Å². The van der Waals surface area contributed by atoms with E-state index in [0.29, 0.717) is 0 Å². The summed E-state index contributed by atoms with van der Waals surface area (Å²) in [6.07, 6.45) is 5.76. The summed E-state index contributed by atoms with van der Waals surface area (Å²) in [5.41, 5.74) is 4.42. The maximum absolute atomic E-state index is 10.8. The summed E-state index contributed by atoms with van der Waals surface area (Å²) in [5, 5.41) is 18.8. The van der Waals surface area contributed by atoms with E-state index in [-0.39, 0.29) is 12.0 Å². The smallest absolute Gasteiger partial charge is 0.102 e. The van der Waals surface area contributed by atoms with E-state index in [2.05, 4.69) is 44.1 Å². The minimum Gasteiger partial charge on any atom is -0.386 e. The number of rotatable bonds is 1. The largest absolute Gasteiger partial charge is 0.386 e. The Balaban J connectivity index is 1.65. The molecule has 3 atom stereocenters. The topological polar surface area (TPSA) is 68.8 Å². The van der Waals surface area contributed by atoms with Crippen LogP contribution >= 0.6 is 0 Å². The van der Waals surface area contributed by atoms with Crippen LogP contribution in [0.2, 0.25) is 0 Å². The minimum absolute atomic E-state index is 0.0996. The first kappa shape index (κ1) is 12.1. The Hall–Kier alpha value is -2.47. The second kappa shape index (κ2) is 4.27. The molecule has 0 aliphatic carbocycles. The molecule has 0 amide bonds. The van der Waals surface area contributed by atoms with Crippen molar-refractivity contribution >= 4 is 0 Å². The van der Waals surface area contributed by atoms with Gasteiger partial charge in [-0.2, -0.15) is 0 Å². The molecule has 2 aromatic heterocycles. The molecule has 0 saturated heterocycles. The normalized spacial score (nSPS) is 25.6. The van der Waals surface area contributed by atoms with Crippen molar-refractivity contribution in [2.75, 3.05) is 0 Å². The van der Waals surface area contributed by atoms with Gasteiger partial charge in [-0.1, -0.05) is 29.5 Å². The lowest BCUT2D eigenvalue weighted by molar-refractivity contribution is 0.0524. The zero-order valence-electron chi connectivity index (χ0n) is 11.9. The molecule has 22 heavy (non-hydrogen) atoms. The zero-order chi connectivity index (χ0) is 14.7. The van der Waals surface area contributed by atoms with Crippen molar-refractivity contribution in [1.82, 2.24) is 24.5 Å². The van der Waals surface area contributed by atoms with Crippen molar-refractivity contribution in [2.24, 2.45) is 5.92 Å². The van der Waals surface area contributed by atoms with Crippen molar-refractivity contribution in [3.8, 4) is 11.3 Å². The van der Waals surface area contributed by atoms with Gasteiger partial charge in [-0.05, 0) is 12.0 Å². The maximum atomic E-state index is 10.8. The molecular weight excluding hydrogens is 278 g/mol. The molecule has 2 aliphatic heterocycles. The van der Waals surface area contributed by atoms with Crippen molar-refractivity contribution < 1.29 is 5.11 Å². The molecule has 2 aliphatic rings. The van der Waals surface area contributed by atoms with Gasteiger partial charge in [0.25, 0.3) is 0 Å². The van der Waals surface area contributed by atoms with Crippen LogP contribution in [0.4, 0.5) is 0 Å². The summed E-state index contributed by atoms with van der Waals surface area (Å²) in [6.45, 7) is 0.791. The van der Waals surface area contributed by atoms with Gasteiger partial charge in [-0.25, -0.2) is 9.67 Å². The van der Waals surface area contributed by atoms with E-state index >= 15 is 0 Å². The van der Waals surface area contributed by atoms with Crippen molar-refractivity contribution in [2.45, 2.75) is 25.1 Å². The van der Waals surface area contributed by atoms with E-state index < -0.39 is 6.10 Å². The molecule has 0 spiro atoms. The Bertz CT molecular complexity index is 852. The Kier molecular flexibility index (Phi) is 2.35. The van der Waals surface area contributed by atoms with Crippen LogP contribution in [-0.2, 0) is 6.54 Å². The van der Waals surface area contributed by atoms with E-state index in [0.717, 1.165) is 24.4 Å². The monoisotopic (exact) mass is 293 g/mol. The number of aryl methyl sites for hydroxylation is 1. The van der Waals surface area contributed by atoms with Gasteiger partial charge in [0.2, 0.25) is 0 Å². The van der Waals surface area contributed by atoms with Crippen LogP contribution in [0, 0.1) is 5.92 Å². The van der Waals surface area contributed by atoms with E-state index in [4.69, 9.17) is 0 Å². The number of aromatic nitrogens is 5. The molecule has 0 fully saturated rings. The first-order valence-corrected chi connectivity index (χ1v) is 7.52. The highest BCUT2D eigenvalue weighted by Gasteiger charge is 2.41. The highest BCUT2D eigenvalue weighted by molar-refractivity contribution is 5.69. The van der Waals surface area contributed by atoms with Gasteiger partial charge < -0.3 is 9.67 Å². The Morgan fingerprint density at radius 3 is 3.05 bits per heavy atom. The van der Waals surface area contributed by atoms with Crippen LogP contribution in [-0.4, -0.2) is 29.7 Å². The summed E-state index contributed by atoms with van der Waals surface area (Å²) >= 11 is 0. The van der Waals surface area contributed by atoms with Gasteiger partial charge in [-0.3, -0.25) is 0 Å². The predicted octanol–water partition coefficient (Wildman–Crippen LogP) is 1.80. The number of hydrogen-bond acceptors (Lipinski definition) is 4. The lowest BCUT2D eigenvalue weighted by Crippen LogP contribution is -2.31. The number of aliphatic hydroxyl groups excluding tert-OH is 1. The lowest BCUT2D eigenvalue weighted by atomic mass is 9.83. The van der Waals surface area contributed by atoms with Crippen molar-refractivity contribution in [3.05, 3.63) is 54.2 Å². The third-order valence-corrected chi connectivity index (χ3v) is 4.96. The Labute approximate surface area is 127 Å². The summed E-state index contributed by atoms with van der Waals surface area (Å²) in [5.74, 6) is 0.0996. The van der Waals surface area contributed by atoms with E-state index in [1.54, 1.807) is 10.9 Å². The predicted molar refractivity (Wildman–Crippen MR) is 78.9 cm³/mol. The number of aliphatic hydroxyl groups is 1. The SMILES string of the molecule is O[C@@H]1c2cnnn2CC[C@H]1C1c2ccccc2-c2cncn21. The number of benzene rings is 1. The quantitative estimate of drug-likeness (QED) is 0.743. The zero-order valence-corrected chi connectivity index (χ0v) is 11.9. The number of hydrogen-bond donors (Lipinski definition) is 1. The second-order valence-electron chi connectivity index (χ2n) is 6.00. The fourth-order valence-corrected chi connectivity index (χ4v) is 3.96. The van der Waals surface area contributed by atoms with Gasteiger partial charge in [0, 0.05) is 18.0 Å². The van der Waals surface area contributed by atoms with Crippen LogP contribution in [0.1, 0.15) is 29.8 Å². The average molecular weight is 293 g/mol.